The number of hydrogen-bond donors (Lipinski definition) is 1. The summed E-state index contributed by atoms with van der Waals surface area (Å²) in [6, 6.07) is 38.4. The van der Waals surface area contributed by atoms with Crippen molar-refractivity contribution in [1.29, 1.82) is 0 Å². The minimum absolute atomic E-state index is 0.0498. The van der Waals surface area contributed by atoms with Gasteiger partial charge in [-0.1, -0.05) is 104 Å². The molecule has 9 nitrogen and oxygen atoms in total. The normalized spacial score (nSPS) is 22.5. The Morgan fingerprint density at radius 3 is 2.36 bits per heavy atom. The van der Waals surface area contributed by atoms with E-state index in [1.165, 1.54) is 0 Å². The molecule has 0 aromatic heterocycles. The van der Waals surface area contributed by atoms with Crippen LogP contribution in [-0.4, -0.2) is 62.2 Å². The van der Waals surface area contributed by atoms with E-state index in [1.54, 1.807) is 27.9 Å². The van der Waals surface area contributed by atoms with E-state index in [4.69, 9.17) is 21.1 Å². The van der Waals surface area contributed by atoms with Crippen LogP contribution in [-0.2, 0) is 44.2 Å². The summed E-state index contributed by atoms with van der Waals surface area (Å²) in [5, 5.41) is 12.1. The van der Waals surface area contributed by atoms with E-state index < -0.39 is 19.8 Å². The van der Waals surface area contributed by atoms with Gasteiger partial charge in [-0.25, -0.2) is 0 Å². The lowest BCUT2D eigenvalue weighted by atomic mass is 9.82. The highest BCUT2D eigenvalue weighted by atomic mass is 35.5. The van der Waals surface area contributed by atoms with E-state index in [9.17, 15) is 14.7 Å². The number of methoxy groups -OCH3 is 1. The molecule has 11 heteroatoms. The molecule has 0 bridgehead atoms. The van der Waals surface area contributed by atoms with Gasteiger partial charge in [0, 0.05) is 34.4 Å². The SMILES string of the molecule is COc1ccc([Si](C)(C)[C@@H]2[C@@H](CC(=O)N3Cc4ccccc4C[C@H]3CO)O[C@]3(C(=O)N(Cc4cccc(N(C=O)c5ccccc5)c4)c4ccc(Cl)cc43)[C@H]2C)cc1. The molecule has 1 N–H and O–H groups in total. The van der Waals surface area contributed by atoms with Gasteiger partial charge in [0.2, 0.25) is 12.3 Å². The van der Waals surface area contributed by atoms with Crippen molar-refractivity contribution in [3.63, 3.8) is 0 Å². The average Bonchev–Trinajstić information content (AvgIpc) is 3.66. The zero-order valence-electron chi connectivity index (χ0n) is 33.2. The molecule has 5 atom stereocenters. The third-order valence-corrected chi connectivity index (χ3v) is 17.3. The molecule has 298 valence electrons. The number of carbonyl (C=O) groups excluding carboxylic acids is 3. The Labute approximate surface area is 345 Å². The van der Waals surface area contributed by atoms with Crippen LogP contribution in [0.5, 0.6) is 5.75 Å². The molecule has 0 radical (unpaired) electrons. The molecule has 0 saturated carbocycles. The fourth-order valence-electron chi connectivity index (χ4n) is 9.82. The predicted molar refractivity (Wildman–Crippen MR) is 229 cm³/mol. The number of aliphatic hydroxyl groups excluding tert-OH is 1. The molecule has 5 aromatic rings. The first-order valence-electron chi connectivity index (χ1n) is 19.8. The number of benzene rings is 5. The molecule has 1 spiro atoms. The highest BCUT2D eigenvalue weighted by Crippen LogP contribution is 2.60. The van der Waals surface area contributed by atoms with Crippen LogP contribution < -0.4 is 19.7 Å². The highest BCUT2D eigenvalue weighted by molar-refractivity contribution is 6.91. The fraction of sp³-hybridized carbons (Fsp3) is 0.298. The second-order valence-corrected chi connectivity index (χ2v) is 21.3. The Balaban J connectivity index is 1.18. The van der Waals surface area contributed by atoms with Gasteiger partial charge in [0.15, 0.2) is 5.60 Å². The van der Waals surface area contributed by atoms with E-state index in [-0.39, 0.29) is 48.9 Å². The van der Waals surface area contributed by atoms with Crippen LogP contribution in [0.3, 0.4) is 0 Å². The van der Waals surface area contributed by atoms with Crippen LogP contribution in [0.4, 0.5) is 17.1 Å². The summed E-state index contributed by atoms with van der Waals surface area (Å²) < 4.78 is 12.8. The lowest BCUT2D eigenvalue weighted by Gasteiger charge is -2.39. The molecule has 0 unspecified atom stereocenters. The van der Waals surface area contributed by atoms with Gasteiger partial charge in [-0.2, -0.15) is 0 Å². The Hall–Kier alpha value is -5.26. The molecule has 58 heavy (non-hydrogen) atoms. The molecule has 8 rings (SSSR count). The van der Waals surface area contributed by atoms with Crippen molar-refractivity contribution in [1.82, 2.24) is 4.90 Å². The van der Waals surface area contributed by atoms with E-state index >= 15 is 4.79 Å². The number of halogens is 1. The number of fused-ring (bicyclic) bond motifs is 3. The molecule has 0 aliphatic carbocycles. The summed E-state index contributed by atoms with van der Waals surface area (Å²) in [7, 11) is -0.916. The van der Waals surface area contributed by atoms with Crippen molar-refractivity contribution >= 4 is 60.1 Å². The second kappa shape index (κ2) is 15.8. The monoisotopic (exact) mass is 813 g/mol. The third-order valence-electron chi connectivity index (χ3n) is 12.7. The number of nitrogens with zero attached hydrogens (tertiary/aromatic N) is 3. The van der Waals surface area contributed by atoms with Gasteiger partial charge in [0.1, 0.15) is 5.75 Å². The standard InChI is InChI=1S/C47H48ClN3O6Si/c1-31-45(58(3,4)40-20-18-39(56-2)19-21-40)43(26-44(54)49-28-34-13-9-8-12-33(34)24-38(49)29-52)57-47(31)41-25-35(48)17-22-42(41)50(46(47)55)27-32-11-10-16-37(23-32)51(30-53)36-14-6-5-7-15-36/h5-23,25,30-31,38,43,45,52H,24,26-29H2,1-4H3/t31-,38-,43+,45-,47+/m0/s1. The first kappa shape index (κ1) is 39.6. The Morgan fingerprint density at radius 2 is 1.66 bits per heavy atom. The quantitative estimate of drug-likeness (QED) is 0.108. The molecule has 1 fully saturated rings. The number of amides is 3. The third kappa shape index (κ3) is 6.81. The summed E-state index contributed by atoms with van der Waals surface area (Å²) in [6.07, 6.45) is 0.788. The van der Waals surface area contributed by atoms with Gasteiger partial charge < -0.3 is 24.4 Å². The van der Waals surface area contributed by atoms with Crippen LogP contribution in [0.25, 0.3) is 0 Å². The summed E-state index contributed by atoms with van der Waals surface area (Å²) in [4.78, 5) is 47.5. The Morgan fingerprint density at radius 1 is 0.948 bits per heavy atom. The topological polar surface area (TPSA) is 99.6 Å². The molecule has 5 aromatic carbocycles. The zero-order chi connectivity index (χ0) is 40.8. The summed E-state index contributed by atoms with van der Waals surface area (Å²) in [6.45, 7) is 7.13. The first-order valence-corrected chi connectivity index (χ1v) is 23.3. The van der Waals surface area contributed by atoms with Crippen molar-refractivity contribution in [2.75, 3.05) is 23.5 Å². The van der Waals surface area contributed by atoms with Crippen LogP contribution in [0, 0.1) is 5.92 Å². The maximum Gasteiger partial charge on any atom is 0.264 e. The van der Waals surface area contributed by atoms with Crippen LogP contribution >= 0.6 is 11.6 Å². The molecule has 3 aliphatic heterocycles. The van der Waals surface area contributed by atoms with E-state index in [2.05, 4.69) is 38.2 Å². The Bertz CT molecular complexity index is 2340. The minimum Gasteiger partial charge on any atom is -0.497 e. The lowest BCUT2D eigenvalue weighted by Crippen LogP contribution is -2.52. The van der Waals surface area contributed by atoms with Gasteiger partial charge in [-0.05, 0) is 83.2 Å². The molecule has 3 amide bonds. The molecular weight excluding hydrogens is 766 g/mol. The smallest absolute Gasteiger partial charge is 0.264 e. The Kier molecular flexibility index (Phi) is 10.8. The van der Waals surface area contributed by atoms with Gasteiger partial charge in [-0.15, -0.1) is 0 Å². The van der Waals surface area contributed by atoms with Gasteiger partial charge in [-0.3, -0.25) is 19.3 Å². The number of carbonyl (C=O) groups is 3. The van der Waals surface area contributed by atoms with E-state index in [1.807, 2.05) is 97.1 Å². The van der Waals surface area contributed by atoms with Crippen molar-refractivity contribution in [2.24, 2.45) is 5.92 Å². The average molecular weight is 814 g/mol. The first-order chi connectivity index (χ1) is 28.0. The van der Waals surface area contributed by atoms with Crippen LogP contribution in [0.15, 0.2) is 121 Å². The van der Waals surface area contributed by atoms with Crippen molar-refractivity contribution < 1.29 is 29.0 Å². The number of rotatable bonds is 11. The van der Waals surface area contributed by atoms with Gasteiger partial charge >= 0.3 is 0 Å². The second-order valence-electron chi connectivity index (χ2n) is 16.2. The van der Waals surface area contributed by atoms with Crippen LogP contribution in [0.1, 0.15) is 35.6 Å². The van der Waals surface area contributed by atoms with Crippen molar-refractivity contribution in [3.8, 4) is 5.75 Å². The number of ether oxygens (including phenoxy) is 2. The number of aliphatic hydroxyl groups is 1. The molecular formula is C47H48ClN3O6Si. The van der Waals surface area contributed by atoms with E-state index in [0.29, 0.717) is 34.9 Å². The maximum absolute atomic E-state index is 15.4. The fourth-order valence-corrected chi connectivity index (χ4v) is 14.0. The number of para-hydroxylation sites is 1. The molecule has 1 saturated heterocycles. The molecule has 3 aliphatic rings. The minimum atomic E-state index is -2.56. The predicted octanol–water partition coefficient (Wildman–Crippen LogP) is 7.74. The van der Waals surface area contributed by atoms with Crippen LogP contribution in [0.2, 0.25) is 23.7 Å². The summed E-state index contributed by atoms with van der Waals surface area (Å²) in [5.41, 5.74) is 4.22. The lowest BCUT2D eigenvalue weighted by molar-refractivity contribution is -0.151. The summed E-state index contributed by atoms with van der Waals surface area (Å²) in [5.74, 6) is 0.0742. The number of anilines is 3. The highest BCUT2D eigenvalue weighted by Gasteiger charge is 2.66. The largest absolute Gasteiger partial charge is 0.497 e. The van der Waals surface area contributed by atoms with E-state index in [0.717, 1.165) is 39.7 Å². The maximum atomic E-state index is 15.4. The van der Waals surface area contributed by atoms with Gasteiger partial charge in [0.25, 0.3) is 5.91 Å². The zero-order valence-corrected chi connectivity index (χ0v) is 34.9. The molecule has 3 heterocycles. The number of hydrogen-bond acceptors (Lipinski definition) is 6. The summed E-state index contributed by atoms with van der Waals surface area (Å²) >= 11 is 6.75. The van der Waals surface area contributed by atoms with Crippen molar-refractivity contribution in [3.05, 3.63) is 149 Å². The van der Waals surface area contributed by atoms with Crippen molar-refractivity contribution in [2.45, 2.75) is 69.2 Å². The van der Waals surface area contributed by atoms with Gasteiger partial charge in [0.05, 0.1) is 52.6 Å².